The van der Waals surface area contributed by atoms with Crippen molar-refractivity contribution in [1.29, 1.82) is 0 Å². The van der Waals surface area contributed by atoms with Crippen molar-refractivity contribution < 1.29 is 19.4 Å². The molecule has 1 aromatic rings. The molecule has 0 radical (unpaired) electrons. The highest BCUT2D eigenvalue weighted by molar-refractivity contribution is 6.13. The molecule has 0 fully saturated rings. The van der Waals surface area contributed by atoms with Crippen LogP contribution < -0.4 is 4.74 Å². The third-order valence-electron chi connectivity index (χ3n) is 5.60. The topological polar surface area (TPSA) is 63.6 Å². The van der Waals surface area contributed by atoms with Gasteiger partial charge in [-0.15, -0.1) is 0 Å². The fourth-order valence-corrected chi connectivity index (χ4v) is 4.33. The molecule has 4 heteroatoms. The fraction of sp³-hybridized carbons (Fsp3) is 0.364. The molecule has 0 amide bonds. The summed E-state index contributed by atoms with van der Waals surface area (Å²) in [6.07, 6.45) is 5.86. The Hall–Kier alpha value is -2.46. The van der Waals surface area contributed by atoms with Crippen LogP contribution in [0, 0.1) is 11.3 Å². The molecule has 136 valence electrons. The Balaban J connectivity index is 2.07. The van der Waals surface area contributed by atoms with Crippen molar-refractivity contribution in [2.75, 3.05) is 13.2 Å². The van der Waals surface area contributed by atoms with Gasteiger partial charge in [0.05, 0.1) is 12.0 Å². The molecule has 0 heterocycles. The third kappa shape index (κ3) is 2.84. The highest BCUT2D eigenvalue weighted by atomic mass is 16.5. The van der Waals surface area contributed by atoms with Crippen molar-refractivity contribution in [3.05, 3.63) is 65.8 Å². The summed E-state index contributed by atoms with van der Waals surface area (Å²) in [7, 11) is 0. The van der Waals surface area contributed by atoms with Crippen LogP contribution in [0.1, 0.15) is 31.7 Å². The summed E-state index contributed by atoms with van der Waals surface area (Å²) in [4.78, 5) is 25.8. The van der Waals surface area contributed by atoms with Crippen molar-refractivity contribution in [2.45, 2.75) is 26.2 Å². The Bertz CT molecular complexity index is 800. The fourth-order valence-electron chi connectivity index (χ4n) is 4.33. The van der Waals surface area contributed by atoms with Crippen molar-refractivity contribution >= 4 is 11.6 Å². The second-order valence-electron chi connectivity index (χ2n) is 7.11. The zero-order chi connectivity index (χ0) is 18.9. The van der Waals surface area contributed by atoms with E-state index in [1.165, 1.54) is 6.08 Å². The van der Waals surface area contributed by atoms with Gasteiger partial charge in [0.25, 0.3) is 0 Å². The van der Waals surface area contributed by atoms with Crippen LogP contribution in [0.5, 0.6) is 5.75 Å². The Kier molecular flexibility index (Phi) is 4.97. The Morgan fingerprint density at radius 2 is 2.00 bits per heavy atom. The molecule has 0 unspecified atom stereocenters. The van der Waals surface area contributed by atoms with E-state index >= 15 is 0 Å². The van der Waals surface area contributed by atoms with Crippen molar-refractivity contribution in [3.8, 4) is 5.75 Å². The molecule has 4 nitrogen and oxygen atoms in total. The van der Waals surface area contributed by atoms with E-state index < -0.39 is 5.41 Å². The van der Waals surface area contributed by atoms with E-state index in [4.69, 9.17) is 9.84 Å². The van der Waals surface area contributed by atoms with Crippen molar-refractivity contribution in [2.24, 2.45) is 11.3 Å². The molecule has 26 heavy (non-hydrogen) atoms. The van der Waals surface area contributed by atoms with Gasteiger partial charge in [0.2, 0.25) is 0 Å². The maximum atomic E-state index is 13.1. The van der Waals surface area contributed by atoms with Crippen molar-refractivity contribution in [3.63, 3.8) is 0 Å². The number of hydrogen-bond acceptors (Lipinski definition) is 4. The second kappa shape index (κ2) is 7.04. The van der Waals surface area contributed by atoms with Gasteiger partial charge in [-0.3, -0.25) is 9.59 Å². The predicted molar refractivity (Wildman–Crippen MR) is 100 cm³/mol. The summed E-state index contributed by atoms with van der Waals surface area (Å²) in [5, 5.41) is 8.88. The van der Waals surface area contributed by atoms with Crippen LogP contribution in [0.15, 0.2) is 60.2 Å². The van der Waals surface area contributed by atoms with Gasteiger partial charge in [0.1, 0.15) is 12.4 Å². The second-order valence-corrected chi connectivity index (χ2v) is 7.11. The highest BCUT2D eigenvalue weighted by Gasteiger charge is 2.54. The molecule has 0 saturated carbocycles. The first-order valence-corrected chi connectivity index (χ1v) is 8.86. The molecule has 2 aliphatic carbocycles. The molecule has 1 N–H and O–H groups in total. The normalized spacial score (nSPS) is 28.1. The number of rotatable bonds is 5. The number of hydrogen-bond donors (Lipinski definition) is 1. The predicted octanol–water partition coefficient (Wildman–Crippen LogP) is 3.38. The lowest BCUT2D eigenvalue weighted by Gasteiger charge is -2.47. The number of carbonyl (C=O) groups is 2. The van der Waals surface area contributed by atoms with Gasteiger partial charge in [0, 0.05) is 11.8 Å². The Morgan fingerprint density at radius 1 is 1.31 bits per heavy atom. The zero-order valence-corrected chi connectivity index (χ0v) is 15.2. The smallest absolute Gasteiger partial charge is 0.166 e. The molecular weight excluding hydrogens is 328 g/mol. The number of benzene rings is 1. The van der Waals surface area contributed by atoms with Gasteiger partial charge < -0.3 is 9.84 Å². The maximum absolute atomic E-state index is 13.1. The van der Waals surface area contributed by atoms with Crippen molar-refractivity contribution in [1.82, 2.24) is 0 Å². The standard InChI is InChI=1S/C22H24O4/c1-4-15-7-10-18-19(24)13-14(2)21(25)22(18,3)20(15)16-5-8-17(9-6-16)26-12-11-23/h4-9,13,18,20,23H,1,10-12H2,2-3H3/t18-,20+,22+/m0/s1. The summed E-state index contributed by atoms with van der Waals surface area (Å²) in [5.41, 5.74) is 1.63. The number of ether oxygens (including phenoxy) is 1. The van der Waals surface area contributed by atoms with Crippen LogP contribution in [0.4, 0.5) is 0 Å². The molecule has 0 aliphatic heterocycles. The van der Waals surface area contributed by atoms with Gasteiger partial charge in [0.15, 0.2) is 11.6 Å². The summed E-state index contributed by atoms with van der Waals surface area (Å²) in [6.45, 7) is 7.73. The van der Waals surface area contributed by atoms with E-state index in [9.17, 15) is 9.59 Å². The van der Waals surface area contributed by atoms with Gasteiger partial charge in [-0.05, 0) is 48.3 Å². The van der Waals surface area contributed by atoms with Gasteiger partial charge in [-0.25, -0.2) is 0 Å². The first-order chi connectivity index (χ1) is 12.4. The lowest BCUT2D eigenvalue weighted by atomic mass is 9.53. The molecule has 0 aromatic heterocycles. The number of ketones is 2. The van der Waals surface area contributed by atoms with Gasteiger partial charge >= 0.3 is 0 Å². The summed E-state index contributed by atoms with van der Waals surface area (Å²) < 4.78 is 5.42. The molecule has 0 bridgehead atoms. The van der Waals surface area contributed by atoms with E-state index in [0.717, 1.165) is 11.1 Å². The maximum Gasteiger partial charge on any atom is 0.166 e. The molecule has 3 rings (SSSR count). The highest BCUT2D eigenvalue weighted by Crippen LogP contribution is 2.54. The minimum atomic E-state index is -0.818. The summed E-state index contributed by atoms with van der Waals surface area (Å²) >= 11 is 0. The third-order valence-corrected chi connectivity index (χ3v) is 5.60. The van der Waals surface area contributed by atoms with E-state index in [-0.39, 0.29) is 36.6 Å². The van der Waals surface area contributed by atoms with E-state index in [1.807, 2.05) is 37.3 Å². The molecule has 3 atom stereocenters. The number of aliphatic hydroxyl groups excluding tert-OH is 1. The van der Waals surface area contributed by atoms with E-state index in [0.29, 0.717) is 17.7 Å². The summed E-state index contributed by atoms with van der Waals surface area (Å²) in [5.74, 6) is 0.132. The first-order valence-electron chi connectivity index (χ1n) is 8.86. The average molecular weight is 352 g/mol. The average Bonchev–Trinajstić information content (AvgIpc) is 2.64. The minimum absolute atomic E-state index is 0.0249. The first kappa shape index (κ1) is 18.3. The van der Waals surface area contributed by atoms with E-state index in [2.05, 4.69) is 6.58 Å². The Labute approximate surface area is 153 Å². The number of allylic oxidation sites excluding steroid dienone is 5. The largest absolute Gasteiger partial charge is 0.491 e. The monoisotopic (exact) mass is 352 g/mol. The number of Topliss-reactive ketones (excluding diaryl/α,β-unsaturated/α-hetero) is 1. The van der Waals surface area contributed by atoms with E-state index in [1.54, 1.807) is 13.0 Å². The van der Waals surface area contributed by atoms with Crippen LogP contribution in [-0.4, -0.2) is 29.9 Å². The van der Waals surface area contributed by atoms with Crippen LogP contribution >= 0.6 is 0 Å². The quantitative estimate of drug-likeness (QED) is 0.882. The SMILES string of the molecule is C=CC1=CC[C@H]2C(=O)C=C(C)C(=O)[C@@]2(C)[C@H]1c1ccc(OCCO)cc1. The molecule has 1 aromatic carbocycles. The Morgan fingerprint density at radius 3 is 2.62 bits per heavy atom. The lowest BCUT2D eigenvalue weighted by molar-refractivity contribution is -0.137. The van der Waals surface area contributed by atoms with Crippen LogP contribution in [-0.2, 0) is 9.59 Å². The van der Waals surface area contributed by atoms with Gasteiger partial charge in [-0.2, -0.15) is 0 Å². The zero-order valence-electron chi connectivity index (χ0n) is 15.2. The molecule has 2 aliphatic rings. The minimum Gasteiger partial charge on any atom is -0.491 e. The van der Waals surface area contributed by atoms with Crippen LogP contribution in [0.2, 0.25) is 0 Å². The van der Waals surface area contributed by atoms with Gasteiger partial charge in [-0.1, -0.05) is 37.8 Å². The van der Waals surface area contributed by atoms with Crippen LogP contribution in [0.25, 0.3) is 0 Å². The number of aliphatic hydroxyl groups is 1. The summed E-state index contributed by atoms with van der Waals surface area (Å²) in [6, 6.07) is 7.51. The lowest BCUT2D eigenvalue weighted by Crippen LogP contribution is -2.49. The molecular formula is C22H24O4. The number of fused-ring (bicyclic) bond motifs is 1. The molecule has 0 spiro atoms. The van der Waals surface area contributed by atoms with Crippen LogP contribution in [0.3, 0.4) is 0 Å². The molecule has 0 saturated heterocycles. The number of carbonyl (C=O) groups excluding carboxylic acids is 2.